The Kier molecular flexibility index (Phi) is 5.87. The van der Waals surface area contributed by atoms with Crippen molar-refractivity contribution in [3.8, 4) is 0 Å². The van der Waals surface area contributed by atoms with Gasteiger partial charge in [-0.25, -0.2) is 0 Å². The second-order valence-corrected chi connectivity index (χ2v) is 7.32. The Morgan fingerprint density at radius 2 is 1.92 bits per heavy atom. The third kappa shape index (κ3) is 4.28. The van der Waals surface area contributed by atoms with E-state index >= 15 is 0 Å². The van der Waals surface area contributed by atoms with Gasteiger partial charge in [-0.3, -0.25) is 9.59 Å². The van der Waals surface area contributed by atoms with E-state index in [-0.39, 0.29) is 17.9 Å². The summed E-state index contributed by atoms with van der Waals surface area (Å²) >= 11 is 1.43. The molecule has 3 rings (SSSR count). The minimum atomic E-state index is -0.363. The van der Waals surface area contributed by atoms with Crippen LogP contribution in [0.1, 0.15) is 47.0 Å². The van der Waals surface area contributed by atoms with Gasteiger partial charge in [0.05, 0.1) is 4.88 Å². The molecule has 1 aromatic heterocycles. The van der Waals surface area contributed by atoms with Gasteiger partial charge in [-0.15, -0.1) is 11.3 Å². The number of likely N-dealkylation sites (tertiary alicyclic amines) is 1. The summed E-state index contributed by atoms with van der Waals surface area (Å²) in [6, 6.07) is 11.6. The molecule has 1 aliphatic rings. The van der Waals surface area contributed by atoms with Gasteiger partial charge in [0.1, 0.15) is 6.04 Å². The second kappa shape index (κ2) is 8.30. The Morgan fingerprint density at radius 1 is 1.16 bits per heavy atom. The Morgan fingerprint density at radius 3 is 2.60 bits per heavy atom. The smallest absolute Gasteiger partial charge is 0.264 e. The maximum absolute atomic E-state index is 12.7. The van der Waals surface area contributed by atoms with E-state index in [9.17, 15) is 9.59 Å². The standard InChI is InChI=1S/C20H24N2O2S/c1-2-15-8-10-16(11-9-15)14-21-19(23)17-6-3-4-12-22(17)20(24)18-7-5-13-25-18/h5,7-11,13,17H,2-4,6,12,14H2,1H3,(H,21,23)/t17-/m0/s1. The molecule has 132 valence electrons. The molecule has 2 heterocycles. The van der Waals surface area contributed by atoms with Crippen LogP contribution in [0.4, 0.5) is 0 Å². The highest BCUT2D eigenvalue weighted by atomic mass is 32.1. The number of nitrogens with one attached hydrogen (secondary N) is 1. The molecule has 2 aromatic rings. The van der Waals surface area contributed by atoms with Gasteiger partial charge in [-0.05, 0) is 48.3 Å². The Bertz CT molecular complexity index is 710. The van der Waals surface area contributed by atoms with Crippen molar-refractivity contribution in [1.82, 2.24) is 10.2 Å². The van der Waals surface area contributed by atoms with Crippen molar-refractivity contribution in [2.24, 2.45) is 0 Å². The van der Waals surface area contributed by atoms with E-state index in [4.69, 9.17) is 0 Å². The number of carbonyl (C=O) groups excluding carboxylic acids is 2. The summed E-state index contributed by atoms with van der Waals surface area (Å²) in [5, 5.41) is 4.90. The molecule has 0 unspecified atom stereocenters. The van der Waals surface area contributed by atoms with Crippen molar-refractivity contribution in [2.75, 3.05) is 6.54 Å². The average Bonchev–Trinajstić information content (AvgIpc) is 3.20. The number of rotatable bonds is 5. The van der Waals surface area contributed by atoms with Crippen molar-refractivity contribution in [3.05, 3.63) is 57.8 Å². The summed E-state index contributed by atoms with van der Waals surface area (Å²) in [4.78, 5) is 27.8. The maximum atomic E-state index is 12.7. The largest absolute Gasteiger partial charge is 0.350 e. The molecule has 1 atom stereocenters. The predicted octanol–water partition coefficient (Wildman–Crippen LogP) is 3.62. The number of nitrogens with zero attached hydrogens (tertiary/aromatic N) is 1. The molecule has 1 aliphatic heterocycles. The van der Waals surface area contributed by atoms with E-state index in [1.165, 1.54) is 16.9 Å². The number of piperidine rings is 1. The van der Waals surface area contributed by atoms with Gasteiger partial charge >= 0.3 is 0 Å². The van der Waals surface area contributed by atoms with Gasteiger partial charge in [0.25, 0.3) is 5.91 Å². The number of thiophene rings is 1. The fourth-order valence-corrected chi connectivity index (χ4v) is 3.87. The van der Waals surface area contributed by atoms with Gasteiger partial charge in [-0.2, -0.15) is 0 Å². The van der Waals surface area contributed by atoms with Crippen LogP contribution in [0.5, 0.6) is 0 Å². The molecular formula is C20H24N2O2S. The van der Waals surface area contributed by atoms with Crippen molar-refractivity contribution in [3.63, 3.8) is 0 Å². The van der Waals surface area contributed by atoms with Gasteiger partial charge in [0, 0.05) is 13.1 Å². The summed E-state index contributed by atoms with van der Waals surface area (Å²) in [6.07, 6.45) is 3.68. The number of hydrogen-bond donors (Lipinski definition) is 1. The highest BCUT2D eigenvalue weighted by molar-refractivity contribution is 7.12. The van der Waals surface area contributed by atoms with Crippen molar-refractivity contribution in [2.45, 2.75) is 45.2 Å². The van der Waals surface area contributed by atoms with Crippen LogP contribution in [0.25, 0.3) is 0 Å². The summed E-state index contributed by atoms with van der Waals surface area (Å²) in [7, 11) is 0. The number of carbonyl (C=O) groups is 2. The SMILES string of the molecule is CCc1ccc(CNC(=O)[C@@H]2CCCCN2C(=O)c2cccs2)cc1. The topological polar surface area (TPSA) is 49.4 Å². The van der Waals surface area contributed by atoms with Gasteiger partial charge < -0.3 is 10.2 Å². The maximum Gasteiger partial charge on any atom is 0.264 e. The van der Waals surface area contributed by atoms with E-state index in [1.807, 2.05) is 17.5 Å². The molecule has 25 heavy (non-hydrogen) atoms. The zero-order chi connectivity index (χ0) is 17.6. The first-order valence-electron chi connectivity index (χ1n) is 8.89. The molecule has 1 aromatic carbocycles. The molecule has 1 N–H and O–H groups in total. The highest BCUT2D eigenvalue weighted by Gasteiger charge is 2.32. The van der Waals surface area contributed by atoms with Crippen LogP contribution in [0.3, 0.4) is 0 Å². The number of benzene rings is 1. The Labute approximate surface area is 152 Å². The van der Waals surface area contributed by atoms with E-state index < -0.39 is 0 Å². The van der Waals surface area contributed by atoms with Crippen LogP contribution in [0.15, 0.2) is 41.8 Å². The third-order valence-electron chi connectivity index (χ3n) is 4.70. The number of amides is 2. The summed E-state index contributed by atoms with van der Waals surface area (Å²) in [6.45, 7) is 3.28. The van der Waals surface area contributed by atoms with Crippen LogP contribution in [-0.2, 0) is 17.8 Å². The zero-order valence-corrected chi connectivity index (χ0v) is 15.3. The van der Waals surface area contributed by atoms with E-state index in [2.05, 4.69) is 36.5 Å². The molecule has 1 saturated heterocycles. The predicted molar refractivity (Wildman–Crippen MR) is 101 cm³/mol. The highest BCUT2D eigenvalue weighted by Crippen LogP contribution is 2.22. The Hall–Kier alpha value is -2.14. The zero-order valence-electron chi connectivity index (χ0n) is 14.5. The van der Waals surface area contributed by atoms with Gasteiger partial charge in [-0.1, -0.05) is 37.3 Å². The number of aryl methyl sites for hydroxylation is 1. The normalized spacial score (nSPS) is 17.3. The lowest BCUT2D eigenvalue weighted by Crippen LogP contribution is -2.51. The third-order valence-corrected chi connectivity index (χ3v) is 5.55. The van der Waals surface area contributed by atoms with Crippen molar-refractivity contribution < 1.29 is 9.59 Å². The molecule has 0 radical (unpaired) electrons. The molecule has 1 fully saturated rings. The van der Waals surface area contributed by atoms with Crippen molar-refractivity contribution >= 4 is 23.2 Å². The fourth-order valence-electron chi connectivity index (χ4n) is 3.19. The lowest BCUT2D eigenvalue weighted by molar-refractivity contribution is -0.126. The molecule has 0 saturated carbocycles. The molecule has 0 bridgehead atoms. The van der Waals surface area contributed by atoms with Gasteiger partial charge in [0.2, 0.25) is 5.91 Å². The first kappa shape index (κ1) is 17.7. The van der Waals surface area contributed by atoms with E-state index in [0.717, 1.165) is 31.2 Å². The second-order valence-electron chi connectivity index (χ2n) is 6.38. The molecule has 2 amide bonds. The molecule has 0 aliphatic carbocycles. The minimum Gasteiger partial charge on any atom is -0.350 e. The monoisotopic (exact) mass is 356 g/mol. The lowest BCUT2D eigenvalue weighted by atomic mass is 10.0. The molecule has 0 spiro atoms. The average molecular weight is 356 g/mol. The quantitative estimate of drug-likeness (QED) is 0.889. The van der Waals surface area contributed by atoms with E-state index in [0.29, 0.717) is 18.0 Å². The van der Waals surface area contributed by atoms with Crippen LogP contribution in [0, 0.1) is 0 Å². The number of hydrogen-bond acceptors (Lipinski definition) is 3. The van der Waals surface area contributed by atoms with Crippen LogP contribution in [0.2, 0.25) is 0 Å². The van der Waals surface area contributed by atoms with E-state index in [1.54, 1.807) is 4.90 Å². The molecule has 4 nitrogen and oxygen atoms in total. The van der Waals surface area contributed by atoms with Crippen molar-refractivity contribution in [1.29, 1.82) is 0 Å². The van der Waals surface area contributed by atoms with Crippen LogP contribution < -0.4 is 5.32 Å². The lowest BCUT2D eigenvalue weighted by Gasteiger charge is -2.34. The minimum absolute atomic E-state index is 0.0258. The summed E-state index contributed by atoms with van der Waals surface area (Å²) in [5.41, 5.74) is 2.37. The van der Waals surface area contributed by atoms with Gasteiger partial charge in [0.15, 0.2) is 0 Å². The molecule has 5 heteroatoms. The first-order chi connectivity index (χ1) is 12.2. The summed E-state index contributed by atoms with van der Waals surface area (Å²) in [5.74, 6) is -0.0775. The molecular weight excluding hydrogens is 332 g/mol. The van der Waals surface area contributed by atoms with Crippen LogP contribution in [-0.4, -0.2) is 29.3 Å². The fraction of sp³-hybridized carbons (Fsp3) is 0.400. The summed E-state index contributed by atoms with van der Waals surface area (Å²) < 4.78 is 0. The van der Waals surface area contributed by atoms with Crippen LogP contribution >= 0.6 is 11.3 Å². The first-order valence-corrected chi connectivity index (χ1v) is 9.77. The Balaban J connectivity index is 1.63.